The largest absolute Gasteiger partial charge is 0.550 e. The van der Waals surface area contributed by atoms with Crippen molar-refractivity contribution >= 4 is 5.97 Å². The minimum atomic E-state index is -0.795. The molecule has 1 aliphatic rings. The first-order valence-corrected chi connectivity index (χ1v) is 7.93. The molecule has 2 heteroatoms. The van der Waals surface area contributed by atoms with Gasteiger partial charge in [-0.2, -0.15) is 0 Å². The zero-order valence-corrected chi connectivity index (χ0v) is 12.1. The molecule has 2 nitrogen and oxygen atoms in total. The predicted molar refractivity (Wildman–Crippen MR) is 73.0 cm³/mol. The number of carbonyl (C=O) groups excluding carboxylic acids is 1. The van der Waals surface area contributed by atoms with E-state index in [1.807, 2.05) is 0 Å². The van der Waals surface area contributed by atoms with Crippen LogP contribution in [-0.2, 0) is 4.79 Å². The zero-order chi connectivity index (χ0) is 13.4. The van der Waals surface area contributed by atoms with Crippen LogP contribution in [0.2, 0.25) is 0 Å². The standard InChI is InChI=1S/C16H30O2/c1-3-5-7-9-11-13-14(15(13)16(17)18)12-10-8-6-4-2/h13-15H,3-12H2,1-2H3,(H,17,18)/p-1. The second-order valence-electron chi connectivity index (χ2n) is 5.87. The number of carboxylic acid groups (broad SMARTS) is 1. The maximum absolute atomic E-state index is 11.0. The number of hydrogen-bond donors (Lipinski definition) is 0. The van der Waals surface area contributed by atoms with Crippen molar-refractivity contribution < 1.29 is 9.90 Å². The van der Waals surface area contributed by atoms with Crippen molar-refractivity contribution in [3.63, 3.8) is 0 Å². The van der Waals surface area contributed by atoms with Crippen molar-refractivity contribution in [3.8, 4) is 0 Å². The highest BCUT2D eigenvalue weighted by Crippen LogP contribution is 2.52. The SMILES string of the molecule is CCCCCCC1C(CCCCCC)C1C(=O)[O-]. The molecule has 2 atom stereocenters. The minimum absolute atomic E-state index is 0.117. The van der Waals surface area contributed by atoms with Crippen LogP contribution in [0.5, 0.6) is 0 Å². The first-order valence-electron chi connectivity index (χ1n) is 7.93. The first kappa shape index (κ1) is 15.5. The van der Waals surface area contributed by atoms with Crippen LogP contribution >= 0.6 is 0 Å². The van der Waals surface area contributed by atoms with Crippen LogP contribution in [0, 0.1) is 17.8 Å². The Morgan fingerprint density at radius 3 is 1.61 bits per heavy atom. The van der Waals surface area contributed by atoms with Crippen molar-refractivity contribution in [3.05, 3.63) is 0 Å². The highest BCUT2D eigenvalue weighted by Gasteiger charge is 2.49. The van der Waals surface area contributed by atoms with Crippen LogP contribution in [-0.4, -0.2) is 5.97 Å². The molecule has 2 unspecified atom stereocenters. The molecule has 0 radical (unpaired) electrons. The van der Waals surface area contributed by atoms with Gasteiger partial charge in [0.05, 0.1) is 0 Å². The van der Waals surface area contributed by atoms with Crippen molar-refractivity contribution in [2.75, 3.05) is 0 Å². The molecule has 0 aromatic rings. The van der Waals surface area contributed by atoms with Crippen molar-refractivity contribution in [1.82, 2.24) is 0 Å². The Bertz CT molecular complexity index is 219. The van der Waals surface area contributed by atoms with Crippen molar-refractivity contribution in [2.45, 2.75) is 78.1 Å². The maximum atomic E-state index is 11.0. The molecule has 1 saturated carbocycles. The highest BCUT2D eigenvalue weighted by molar-refractivity contribution is 5.72. The lowest BCUT2D eigenvalue weighted by Crippen LogP contribution is -2.25. The Kier molecular flexibility index (Phi) is 7.38. The smallest absolute Gasteiger partial charge is 0.0451 e. The molecule has 1 aliphatic carbocycles. The second-order valence-corrected chi connectivity index (χ2v) is 5.87. The van der Waals surface area contributed by atoms with Crippen LogP contribution in [0.1, 0.15) is 78.1 Å². The number of carboxylic acids is 1. The third-order valence-electron chi connectivity index (χ3n) is 4.39. The Morgan fingerprint density at radius 1 is 0.833 bits per heavy atom. The lowest BCUT2D eigenvalue weighted by molar-refractivity contribution is -0.308. The van der Waals surface area contributed by atoms with Crippen LogP contribution in [0.4, 0.5) is 0 Å². The zero-order valence-electron chi connectivity index (χ0n) is 12.1. The maximum Gasteiger partial charge on any atom is 0.0451 e. The summed E-state index contributed by atoms with van der Waals surface area (Å²) in [6, 6.07) is 0. The number of unbranched alkanes of at least 4 members (excludes halogenated alkanes) is 6. The number of carbonyl (C=O) groups is 1. The fourth-order valence-electron chi connectivity index (χ4n) is 3.20. The first-order chi connectivity index (χ1) is 8.72. The molecule has 0 aromatic heterocycles. The molecule has 0 bridgehead atoms. The van der Waals surface area contributed by atoms with E-state index in [0.717, 1.165) is 12.8 Å². The lowest BCUT2D eigenvalue weighted by atomic mass is 10.1. The van der Waals surface area contributed by atoms with Gasteiger partial charge in [-0.05, 0) is 24.7 Å². The van der Waals surface area contributed by atoms with E-state index in [2.05, 4.69) is 13.8 Å². The van der Waals surface area contributed by atoms with Gasteiger partial charge in [-0.1, -0.05) is 65.2 Å². The summed E-state index contributed by atoms with van der Waals surface area (Å²) in [7, 11) is 0. The lowest BCUT2D eigenvalue weighted by Gasteiger charge is -2.00. The molecule has 0 N–H and O–H groups in total. The Balaban J connectivity index is 2.17. The normalized spacial score (nSPS) is 26.2. The second kappa shape index (κ2) is 8.55. The van der Waals surface area contributed by atoms with E-state index in [1.54, 1.807) is 0 Å². The van der Waals surface area contributed by atoms with Crippen LogP contribution in [0.15, 0.2) is 0 Å². The van der Waals surface area contributed by atoms with Gasteiger partial charge in [-0.15, -0.1) is 0 Å². The molecular formula is C16H29O2-. The average Bonchev–Trinajstić information content (AvgIpc) is 3.04. The van der Waals surface area contributed by atoms with Gasteiger partial charge in [-0.25, -0.2) is 0 Å². The van der Waals surface area contributed by atoms with E-state index in [9.17, 15) is 9.90 Å². The molecule has 18 heavy (non-hydrogen) atoms. The molecular weight excluding hydrogens is 224 g/mol. The third-order valence-corrected chi connectivity index (χ3v) is 4.39. The summed E-state index contributed by atoms with van der Waals surface area (Å²) in [5.74, 6) is -0.0359. The van der Waals surface area contributed by atoms with E-state index in [0.29, 0.717) is 11.8 Å². The van der Waals surface area contributed by atoms with Crippen LogP contribution in [0.3, 0.4) is 0 Å². The number of rotatable bonds is 11. The topological polar surface area (TPSA) is 40.1 Å². The Labute approximate surface area is 112 Å². The average molecular weight is 253 g/mol. The minimum Gasteiger partial charge on any atom is -0.550 e. The van der Waals surface area contributed by atoms with E-state index >= 15 is 0 Å². The summed E-state index contributed by atoms with van der Waals surface area (Å²) >= 11 is 0. The van der Waals surface area contributed by atoms with Gasteiger partial charge in [-0.3, -0.25) is 0 Å². The van der Waals surface area contributed by atoms with E-state index in [1.165, 1.54) is 51.4 Å². The summed E-state index contributed by atoms with van der Waals surface area (Å²) in [4.78, 5) is 11.0. The third kappa shape index (κ3) is 4.99. The quantitative estimate of drug-likeness (QED) is 0.528. The molecule has 1 fully saturated rings. The molecule has 106 valence electrons. The van der Waals surface area contributed by atoms with Gasteiger partial charge < -0.3 is 9.90 Å². The van der Waals surface area contributed by atoms with Gasteiger partial charge in [0.1, 0.15) is 0 Å². The summed E-state index contributed by atoms with van der Waals surface area (Å²) in [5, 5.41) is 11.0. The predicted octanol–water partition coefficient (Wildman–Crippen LogP) is 3.54. The molecule has 0 heterocycles. The Hall–Kier alpha value is -0.530. The molecule has 0 spiro atoms. The molecule has 0 aliphatic heterocycles. The summed E-state index contributed by atoms with van der Waals surface area (Å²) in [6.45, 7) is 4.41. The van der Waals surface area contributed by atoms with Gasteiger partial charge in [0.15, 0.2) is 0 Å². The molecule has 1 rings (SSSR count). The van der Waals surface area contributed by atoms with Gasteiger partial charge in [0.25, 0.3) is 0 Å². The monoisotopic (exact) mass is 253 g/mol. The highest BCUT2D eigenvalue weighted by atomic mass is 16.4. The fraction of sp³-hybridized carbons (Fsp3) is 0.938. The van der Waals surface area contributed by atoms with Gasteiger partial charge >= 0.3 is 0 Å². The molecule has 0 amide bonds. The molecule has 0 saturated heterocycles. The van der Waals surface area contributed by atoms with E-state index in [4.69, 9.17) is 0 Å². The number of hydrogen-bond acceptors (Lipinski definition) is 2. The Morgan fingerprint density at radius 2 is 1.28 bits per heavy atom. The van der Waals surface area contributed by atoms with Crippen molar-refractivity contribution in [1.29, 1.82) is 0 Å². The molecule has 0 aromatic carbocycles. The summed E-state index contributed by atoms with van der Waals surface area (Å²) in [5.41, 5.74) is 0. The van der Waals surface area contributed by atoms with Crippen LogP contribution < -0.4 is 5.11 Å². The van der Waals surface area contributed by atoms with E-state index in [-0.39, 0.29) is 5.92 Å². The van der Waals surface area contributed by atoms with E-state index < -0.39 is 5.97 Å². The van der Waals surface area contributed by atoms with Gasteiger partial charge in [0, 0.05) is 11.9 Å². The van der Waals surface area contributed by atoms with Gasteiger partial charge in [0.2, 0.25) is 0 Å². The summed E-state index contributed by atoms with van der Waals surface area (Å²) in [6.07, 6.45) is 12.2. The fourth-order valence-corrected chi connectivity index (χ4v) is 3.20. The van der Waals surface area contributed by atoms with Crippen molar-refractivity contribution in [2.24, 2.45) is 17.8 Å². The van der Waals surface area contributed by atoms with Crippen LogP contribution in [0.25, 0.3) is 0 Å². The summed E-state index contributed by atoms with van der Waals surface area (Å²) < 4.78 is 0. The number of aliphatic carboxylic acids is 1.